The summed E-state index contributed by atoms with van der Waals surface area (Å²) in [7, 11) is 0. The maximum atomic E-state index is 12.3. The van der Waals surface area contributed by atoms with E-state index in [-0.39, 0.29) is 5.91 Å². The predicted octanol–water partition coefficient (Wildman–Crippen LogP) is 4.74. The smallest absolute Gasteiger partial charge is 0.265 e. The fourth-order valence-corrected chi connectivity index (χ4v) is 3.12. The number of benzene rings is 2. The first-order valence-corrected chi connectivity index (χ1v) is 9.08. The Morgan fingerprint density at radius 1 is 1.08 bits per heavy atom. The molecule has 1 unspecified atom stereocenters. The minimum atomic E-state index is -0.637. The second-order valence-corrected chi connectivity index (χ2v) is 6.68. The Morgan fingerprint density at radius 3 is 2.44 bits per heavy atom. The first kappa shape index (κ1) is 17.6. The SMILES string of the molecule is CC(Oc1ccccc1Cl)C(=O)Nc1ccc(N2CCCCC2)cc1. The van der Waals surface area contributed by atoms with Gasteiger partial charge in [0.05, 0.1) is 5.02 Å². The Balaban J connectivity index is 1.57. The molecule has 0 saturated carbocycles. The topological polar surface area (TPSA) is 41.6 Å². The molecule has 0 radical (unpaired) electrons. The van der Waals surface area contributed by atoms with Gasteiger partial charge in [0.2, 0.25) is 0 Å². The molecule has 25 heavy (non-hydrogen) atoms. The first-order valence-electron chi connectivity index (χ1n) is 8.70. The zero-order chi connectivity index (χ0) is 17.6. The minimum Gasteiger partial charge on any atom is -0.479 e. The molecule has 0 bridgehead atoms. The summed E-state index contributed by atoms with van der Waals surface area (Å²) in [6.45, 7) is 3.92. The average Bonchev–Trinajstić information content (AvgIpc) is 2.65. The van der Waals surface area contributed by atoms with Gasteiger partial charge in [0.25, 0.3) is 5.91 Å². The van der Waals surface area contributed by atoms with E-state index in [9.17, 15) is 4.79 Å². The number of hydrogen-bond donors (Lipinski definition) is 1. The molecule has 3 rings (SSSR count). The fourth-order valence-electron chi connectivity index (χ4n) is 2.94. The van der Waals surface area contributed by atoms with Crippen LogP contribution in [0, 0.1) is 0 Å². The number of piperidine rings is 1. The lowest BCUT2D eigenvalue weighted by molar-refractivity contribution is -0.122. The molecule has 0 spiro atoms. The van der Waals surface area contributed by atoms with Crippen molar-refractivity contribution in [2.24, 2.45) is 0 Å². The zero-order valence-corrected chi connectivity index (χ0v) is 15.1. The van der Waals surface area contributed by atoms with E-state index in [0.717, 1.165) is 18.8 Å². The largest absolute Gasteiger partial charge is 0.479 e. The molecule has 2 aromatic carbocycles. The number of amides is 1. The van der Waals surface area contributed by atoms with Crippen LogP contribution in [0.1, 0.15) is 26.2 Å². The molecule has 4 nitrogen and oxygen atoms in total. The van der Waals surface area contributed by atoms with Crippen molar-refractivity contribution < 1.29 is 9.53 Å². The highest BCUT2D eigenvalue weighted by atomic mass is 35.5. The van der Waals surface area contributed by atoms with E-state index >= 15 is 0 Å². The summed E-state index contributed by atoms with van der Waals surface area (Å²) >= 11 is 6.06. The van der Waals surface area contributed by atoms with Gasteiger partial charge in [-0.1, -0.05) is 23.7 Å². The van der Waals surface area contributed by atoms with Crippen LogP contribution in [0.3, 0.4) is 0 Å². The van der Waals surface area contributed by atoms with Crippen molar-refractivity contribution in [3.8, 4) is 5.75 Å². The summed E-state index contributed by atoms with van der Waals surface area (Å²) in [4.78, 5) is 14.7. The Kier molecular flexibility index (Phi) is 5.82. The van der Waals surface area contributed by atoms with E-state index in [0.29, 0.717) is 10.8 Å². The number of rotatable bonds is 5. The van der Waals surface area contributed by atoms with Crippen molar-refractivity contribution in [2.45, 2.75) is 32.3 Å². The Labute approximate surface area is 153 Å². The first-order chi connectivity index (χ1) is 12.1. The molecule has 2 aromatic rings. The maximum Gasteiger partial charge on any atom is 0.265 e. The third-order valence-corrected chi connectivity index (χ3v) is 4.68. The van der Waals surface area contributed by atoms with Gasteiger partial charge in [0, 0.05) is 24.5 Å². The number of anilines is 2. The van der Waals surface area contributed by atoms with Gasteiger partial charge in [-0.2, -0.15) is 0 Å². The van der Waals surface area contributed by atoms with Gasteiger partial charge in [0.15, 0.2) is 6.10 Å². The van der Waals surface area contributed by atoms with Gasteiger partial charge in [-0.25, -0.2) is 0 Å². The molecule has 1 N–H and O–H groups in total. The Morgan fingerprint density at radius 2 is 1.76 bits per heavy atom. The molecule has 5 heteroatoms. The van der Waals surface area contributed by atoms with E-state index in [1.807, 2.05) is 24.3 Å². The number of hydrogen-bond acceptors (Lipinski definition) is 3. The van der Waals surface area contributed by atoms with Crippen molar-refractivity contribution in [3.63, 3.8) is 0 Å². The van der Waals surface area contributed by atoms with Gasteiger partial charge in [-0.05, 0) is 62.6 Å². The maximum absolute atomic E-state index is 12.3. The molecule has 132 valence electrons. The summed E-state index contributed by atoms with van der Waals surface area (Å²) in [5.41, 5.74) is 1.97. The molecule has 1 heterocycles. The lowest BCUT2D eigenvalue weighted by Crippen LogP contribution is -2.30. The van der Waals surface area contributed by atoms with Gasteiger partial charge in [-0.15, -0.1) is 0 Å². The zero-order valence-electron chi connectivity index (χ0n) is 14.4. The summed E-state index contributed by atoms with van der Waals surface area (Å²) in [6.07, 6.45) is 3.17. The van der Waals surface area contributed by atoms with Crippen LogP contribution in [0.15, 0.2) is 48.5 Å². The Hall–Kier alpha value is -2.20. The highest BCUT2D eigenvalue weighted by Gasteiger charge is 2.16. The normalized spacial score (nSPS) is 15.5. The summed E-state index contributed by atoms with van der Waals surface area (Å²) in [5.74, 6) is 0.304. The second kappa shape index (κ2) is 8.26. The lowest BCUT2D eigenvalue weighted by atomic mass is 10.1. The number of halogens is 1. The van der Waals surface area contributed by atoms with Crippen LogP contribution in [0.25, 0.3) is 0 Å². The van der Waals surface area contributed by atoms with Crippen LogP contribution in [-0.2, 0) is 4.79 Å². The summed E-state index contributed by atoms with van der Waals surface area (Å²) in [6, 6.07) is 15.1. The van der Waals surface area contributed by atoms with Crippen LogP contribution in [-0.4, -0.2) is 25.1 Å². The summed E-state index contributed by atoms with van der Waals surface area (Å²) < 4.78 is 5.65. The average molecular weight is 359 g/mol. The van der Waals surface area contributed by atoms with Crippen molar-refractivity contribution in [1.82, 2.24) is 0 Å². The van der Waals surface area contributed by atoms with E-state index in [2.05, 4.69) is 22.3 Å². The standard InChI is InChI=1S/C20H23ClN2O2/c1-15(25-19-8-4-3-7-18(19)21)20(24)22-16-9-11-17(12-10-16)23-13-5-2-6-14-23/h3-4,7-12,15H,2,5-6,13-14H2,1H3,(H,22,24). The van der Waals surface area contributed by atoms with Crippen LogP contribution < -0.4 is 15.0 Å². The van der Waals surface area contributed by atoms with Crippen molar-refractivity contribution >= 4 is 28.9 Å². The predicted molar refractivity (Wildman–Crippen MR) is 103 cm³/mol. The molecule has 1 aliphatic heterocycles. The third-order valence-electron chi connectivity index (χ3n) is 4.37. The molecule has 0 aromatic heterocycles. The van der Waals surface area contributed by atoms with E-state index < -0.39 is 6.10 Å². The number of nitrogens with one attached hydrogen (secondary N) is 1. The van der Waals surface area contributed by atoms with Crippen LogP contribution >= 0.6 is 11.6 Å². The molecule has 1 aliphatic rings. The molecule has 0 aliphatic carbocycles. The van der Waals surface area contributed by atoms with Crippen molar-refractivity contribution in [2.75, 3.05) is 23.3 Å². The Bertz CT molecular complexity index is 712. The van der Waals surface area contributed by atoms with Crippen LogP contribution in [0.2, 0.25) is 5.02 Å². The molecule has 1 fully saturated rings. The van der Waals surface area contributed by atoms with Gasteiger partial charge in [0.1, 0.15) is 5.75 Å². The second-order valence-electron chi connectivity index (χ2n) is 6.27. The van der Waals surface area contributed by atoms with Crippen molar-refractivity contribution in [3.05, 3.63) is 53.6 Å². The molecule has 1 saturated heterocycles. The monoisotopic (exact) mass is 358 g/mol. The van der Waals surface area contributed by atoms with E-state index in [1.54, 1.807) is 19.1 Å². The van der Waals surface area contributed by atoms with Gasteiger partial charge < -0.3 is 15.0 Å². The minimum absolute atomic E-state index is 0.203. The van der Waals surface area contributed by atoms with E-state index in [4.69, 9.17) is 16.3 Å². The lowest BCUT2D eigenvalue weighted by Gasteiger charge is -2.28. The number of nitrogens with zero attached hydrogens (tertiary/aromatic N) is 1. The number of ether oxygens (including phenoxy) is 1. The van der Waals surface area contributed by atoms with E-state index in [1.165, 1.54) is 24.9 Å². The van der Waals surface area contributed by atoms with Gasteiger partial charge >= 0.3 is 0 Å². The van der Waals surface area contributed by atoms with Crippen LogP contribution in [0.5, 0.6) is 5.75 Å². The number of para-hydroxylation sites is 1. The van der Waals surface area contributed by atoms with Crippen LogP contribution in [0.4, 0.5) is 11.4 Å². The highest BCUT2D eigenvalue weighted by Crippen LogP contribution is 2.25. The van der Waals surface area contributed by atoms with Gasteiger partial charge in [-0.3, -0.25) is 4.79 Å². The summed E-state index contributed by atoms with van der Waals surface area (Å²) in [5, 5.41) is 3.38. The van der Waals surface area contributed by atoms with Crippen molar-refractivity contribution in [1.29, 1.82) is 0 Å². The molecule has 1 amide bonds. The number of carbonyl (C=O) groups is 1. The number of carbonyl (C=O) groups excluding carboxylic acids is 1. The third kappa shape index (κ3) is 4.67. The highest BCUT2D eigenvalue weighted by molar-refractivity contribution is 6.32. The molecule has 1 atom stereocenters. The molecular formula is C20H23ClN2O2. The fraction of sp³-hybridized carbons (Fsp3) is 0.350. The quantitative estimate of drug-likeness (QED) is 0.839. The molecular weight excluding hydrogens is 336 g/mol.